The Hall–Kier alpha value is -1.65. The zero-order valence-corrected chi connectivity index (χ0v) is 11.2. The van der Waals surface area contributed by atoms with Gasteiger partial charge in [0.2, 0.25) is 5.91 Å². The first-order valence-corrected chi connectivity index (χ1v) is 6.46. The third kappa shape index (κ3) is 2.97. The molecule has 1 aromatic rings. The van der Waals surface area contributed by atoms with Crippen molar-refractivity contribution in [2.24, 2.45) is 0 Å². The van der Waals surface area contributed by atoms with Gasteiger partial charge in [-0.3, -0.25) is 4.79 Å². The van der Waals surface area contributed by atoms with Crippen LogP contribution in [0.15, 0.2) is 6.07 Å². The van der Waals surface area contributed by atoms with Crippen LogP contribution in [0.5, 0.6) is 0 Å². The second-order valence-corrected chi connectivity index (χ2v) is 5.04. The van der Waals surface area contributed by atoms with Gasteiger partial charge in [-0.1, -0.05) is 13.8 Å². The number of amides is 1. The van der Waals surface area contributed by atoms with Gasteiger partial charge in [-0.2, -0.15) is 0 Å². The van der Waals surface area contributed by atoms with Gasteiger partial charge in [0.1, 0.15) is 17.7 Å². The zero-order valence-electron chi connectivity index (χ0n) is 11.2. The lowest BCUT2D eigenvalue weighted by Gasteiger charge is -2.23. The van der Waals surface area contributed by atoms with E-state index >= 15 is 0 Å². The van der Waals surface area contributed by atoms with E-state index in [1.54, 1.807) is 0 Å². The van der Waals surface area contributed by atoms with Crippen molar-refractivity contribution in [3.63, 3.8) is 0 Å². The number of carbonyl (C=O) groups is 1. The Kier molecular flexibility index (Phi) is 3.79. The number of rotatable bonds is 3. The average Bonchev–Trinajstić information content (AvgIpc) is 2.31. The lowest BCUT2D eigenvalue weighted by molar-refractivity contribution is -0.123. The van der Waals surface area contributed by atoms with Gasteiger partial charge in [-0.05, 0) is 19.8 Å². The molecule has 0 spiro atoms. The summed E-state index contributed by atoms with van der Waals surface area (Å²) >= 11 is 0. The van der Waals surface area contributed by atoms with Gasteiger partial charge in [0.25, 0.3) is 0 Å². The Bertz CT molecular complexity index is 445. The molecule has 5 heteroatoms. The molecule has 98 valence electrons. The summed E-state index contributed by atoms with van der Waals surface area (Å²) in [7, 11) is 0. The number of nitrogens with zero attached hydrogens (tertiary/aromatic N) is 2. The van der Waals surface area contributed by atoms with Crippen LogP contribution in [-0.4, -0.2) is 28.5 Å². The third-order valence-electron chi connectivity index (χ3n) is 3.00. The Labute approximate surface area is 107 Å². The molecule has 0 bridgehead atoms. The minimum Gasteiger partial charge on any atom is -0.358 e. The summed E-state index contributed by atoms with van der Waals surface area (Å²) in [6, 6.07) is 1.71. The van der Waals surface area contributed by atoms with Crippen molar-refractivity contribution in [2.45, 2.75) is 45.6 Å². The fourth-order valence-corrected chi connectivity index (χ4v) is 2.01. The summed E-state index contributed by atoms with van der Waals surface area (Å²) in [5, 5.41) is 6.06. The molecule has 1 amide bonds. The highest BCUT2D eigenvalue weighted by molar-refractivity contribution is 5.84. The highest BCUT2D eigenvalue weighted by Crippen LogP contribution is 2.16. The van der Waals surface area contributed by atoms with Crippen molar-refractivity contribution < 1.29 is 4.79 Å². The number of carbonyl (C=O) groups excluding carboxylic acids is 1. The quantitative estimate of drug-likeness (QED) is 0.852. The topological polar surface area (TPSA) is 66.9 Å². The Morgan fingerprint density at radius 3 is 2.89 bits per heavy atom. The summed E-state index contributed by atoms with van der Waals surface area (Å²) in [4.78, 5) is 20.5. The fraction of sp³-hybridized carbons (Fsp3) is 0.615. The second kappa shape index (κ2) is 5.33. The standard InChI is InChI=1S/C13H20N4O/c1-8(2)12-15-9(3)7-11(17-12)16-10-5-4-6-14-13(10)18/h7-8,10H,4-6H2,1-3H3,(H,14,18)(H,15,16,17). The van der Waals surface area contributed by atoms with Gasteiger partial charge < -0.3 is 10.6 Å². The first-order valence-electron chi connectivity index (χ1n) is 6.46. The SMILES string of the molecule is Cc1cc(NC2CCCNC2=O)nc(C(C)C)n1. The Morgan fingerprint density at radius 1 is 1.44 bits per heavy atom. The maximum absolute atomic E-state index is 11.7. The van der Waals surface area contributed by atoms with Crippen molar-refractivity contribution in [3.05, 3.63) is 17.6 Å². The highest BCUT2D eigenvalue weighted by Gasteiger charge is 2.22. The van der Waals surface area contributed by atoms with Crippen molar-refractivity contribution in [1.29, 1.82) is 0 Å². The summed E-state index contributed by atoms with van der Waals surface area (Å²) in [5.41, 5.74) is 0.924. The summed E-state index contributed by atoms with van der Waals surface area (Å²) in [6.45, 7) is 6.84. The molecule has 0 aliphatic carbocycles. The molecule has 5 nitrogen and oxygen atoms in total. The highest BCUT2D eigenvalue weighted by atomic mass is 16.2. The third-order valence-corrected chi connectivity index (χ3v) is 3.00. The molecule has 1 aliphatic heterocycles. The molecule has 1 saturated heterocycles. The minimum absolute atomic E-state index is 0.0589. The molecule has 1 fully saturated rings. The van der Waals surface area contributed by atoms with E-state index in [0.717, 1.165) is 36.7 Å². The smallest absolute Gasteiger partial charge is 0.242 e. The van der Waals surface area contributed by atoms with E-state index in [4.69, 9.17) is 0 Å². The lowest BCUT2D eigenvalue weighted by Crippen LogP contribution is -2.44. The molecule has 1 atom stereocenters. The van der Waals surface area contributed by atoms with Gasteiger partial charge in [-0.15, -0.1) is 0 Å². The average molecular weight is 248 g/mol. The number of hydrogen-bond acceptors (Lipinski definition) is 4. The Balaban J connectivity index is 2.15. The first kappa shape index (κ1) is 12.8. The van der Waals surface area contributed by atoms with E-state index in [9.17, 15) is 4.79 Å². The van der Waals surface area contributed by atoms with E-state index in [1.165, 1.54) is 0 Å². The number of anilines is 1. The number of nitrogens with one attached hydrogen (secondary N) is 2. The molecule has 0 radical (unpaired) electrons. The molecular formula is C13H20N4O. The maximum Gasteiger partial charge on any atom is 0.242 e. The molecule has 1 unspecified atom stereocenters. The molecule has 2 heterocycles. The van der Waals surface area contributed by atoms with Crippen LogP contribution in [0, 0.1) is 6.92 Å². The van der Waals surface area contributed by atoms with Gasteiger partial charge in [0.05, 0.1) is 0 Å². The summed E-state index contributed by atoms with van der Waals surface area (Å²) in [6.07, 6.45) is 1.86. The molecule has 2 N–H and O–H groups in total. The predicted octanol–water partition coefficient (Wildman–Crippen LogP) is 1.60. The first-order chi connectivity index (χ1) is 8.56. The van der Waals surface area contributed by atoms with E-state index < -0.39 is 0 Å². The minimum atomic E-state index is -0.173. The molecule has 1 aliphatic rings. The van der Waals surface area contributed by atoms with Crippen LogP contribution in [-0.2, 0) is 4.79 Å². The largest absolute Gasteiger partial charge is 0.358 e. The van der Waals surface area contributed by atoms with Crippen molar-refractivity contribution in [3.8, 4) is 0 Å². The van der Waals surface area contributed by atoms with Crippen LogP contribution in [0.25, 0.3) is 0 Å². The number of aryl methyl sites for hydroxylation is 1. The molecule has 1 aromatic heterocycles. The second-order valence-electron chi connectivity index (χ2n) is 5.04. The predicted molar refractivity (Wildman–Crippen MR) is 70.5 cm³/mol. The van der Waals surface area contributed by atoms with Gasteiger partial charge in [0, 0.05) is 24.2 Å². The van der Waals surface area contributed by atoms with Crippen molar-refractivity contribution >= 4 is 11.7 Å². The van der Waals surface area contributed by atoms with Crippen LogP contribution in [0.4, 0.5) is 5.82 Å². The molecule has 2 rings (SSSR count). The van der Waals surface area contributed by atoms with Crippen LogP contribution in [0.1, 0.15) is 44.1 Å². The maximum atomic E-state index is 11.7. The van der Waals surface area contributed by atoms with Crippen LogP contribution in [0.3, 0.4) is 0 Å². The van der Waals surface area contributed by atoms with Crippen molar-refractivity contribution in [1.82, 2.24) is 15.3 Å². The van der Waals surface area contributed by atoms with E-state index in [2.05, 4.69) is 34.4 Å². The van der Waals surface area contributed by atoms with E-state index in [-0.39, 0.29) is 17.9 Å². The number of hydrogen-bond donors (Lipinski definition) is 2. The van der Waals surface area contributed by atoms with Gasteiger partial charge in [0.15, 0.2) is 0 Å². The monoisotopic (exact) mass is 248 g/mol. The lowest BCUT2D eigenvalue weighted by atomic mass is 10.1. The Morgan fingerprint density at radius 2 is 2.22 bits per heavy atom. The van der Waals surface area contributed by atoms with E-state index in [0.29, 0.717) is 0 Å². The van der Waals surface area contributed by atoms with Crippen LogP contribution < -0.4 is 10.6 Å². The number of piperidine rings is 1. The van der Waals surface area contributed by atoms with Gasteiger partial charge in [-0.25, -0.2) is 9.97 Å². The van der Waals surface area contributed by atoms with Crippen LogP contribution >= 0.6 is 0 Å². The fourth-order valence-electron chi connectivity index (χ4n) is 2.01. The van der Waals surface area contributed by atoms with Crippen molar-refractivity contribution in [2.75, 3.05) is 11.9 Å². The van der Waals surface area contributed by atoms with Crippen LogP contribution in [0.2, 0.25) is 0 Å². The normalized spacial score (nSPS) is 19.8. The van der Waals surface area contributed by atoms with Gasteiger partial charge >= 0.3 is 0 Å². The summed E-state index contributed by atoms with van der Waals surface area (Å²) < 4.78 is 0. The molecule has 18 heavy (non-hydrogen) atoms. The summed E-state index contributed by atoms with van der Waals surface area (Å²) in [5.74, 6) is 1.90. The molecule has 0 saturated carbocycles. The molecular weight excluding hydrogens is 228 g/mol. The van der Waals surface area contributed by atoms with E-state index in [1.807, 2.05) is 13.0 Å². The number of aromatic nitrogens is 2. The zero-order chi connectivity index (χ0) is 13.1. The molecule has 0 aromatic carbocycles.